The van der Waals surface area contributed by atoms with Gasteiger partial charge in [-0.3, -0.25) is 0 Å². The van der Waals surface area contributed by atoms with Crippen molar-refractivity contribution in [2.24, 2.45) is 0 Å². The van der Waals surface area contributed by atoms with Crippen molar-refractivity contribution in [2.45, 2.75) is 19.4 Å². The fourth-order valence-electron chi connectivity index (χ4n) is 1.72. The molecule has 1 aliphatic heterocycles. The van der Waals surface area contributed by atoms with Crippen LogP contribution in [0.2, 0.25) is 0 Å². The maximum Gasteiger partial charge on any atom is 0.0399 e. The fraction of sp³-hybridized carbons (Fsp3) is 0.400. The van der Waals surface area contributed by atoms with Crippen molar-refractivity contribution < 1.29 is 0 Å². The topological polar surface area (TPSA) is 3.24 Å². The fourth-order valence-corrected chi connectivity index (χ4v) is 1.72. The van der Waals surface area contributed by atoms with Gasteiger partial charge >= 0.3 is 0 Å². The summed E-state index contributed by atoms with van der Waals surface area (Å²) in [5.41, 5.74) is 2.89. The molecule has 0 radical (unpaired) electrons. The molecule has 1 aliphatic rings. The zero-order valence-electron chi connectivity index (χ0n) is 7.04. The summed E-state index contributed by atoms with van der Waals surface area (Å²) in [4.78, 5) is 2.34. The molecule has 0 aliphatic carbocycles. The Kier molecular flexibility index (Phi) is 1.38. The van der Waals surface area contributed by atoms with E-state index < -0.39 is 0 Å². The van der Waals surface area contributed by atoms with Gasteiger partial charge in [0, 0.05) is 18.8 Å². The van der Waals surface area contributed by atoms with Gasteiger partial charge in [0.15, 0.2) is 0 Å². The third-order valence-corrected chi connectivity index (χ3v) is 2.55. The highest BCUT2D eigenvalue weighted by molar-refractivity contribution is 5.58. The van der Waals surface area contributed by atoms with Crippen molar-refractivity contribution in [3.8, 4) is 0 Å². The van der Waals surface area contributed by atoms with Crippen molar-refractivity contribution in [3.63, 3.8) is 0 Å². The average molecular weight is 147 g/mol. The largest absolute Gasteiger partial charge is 0.371 e. The first-order valence-electron chi connectivity index (χ1n) is 4.10. The molecule has 1 aromatic rings. The molecule has 0 fully saturated rings. The molecule has 1 aromatic carbocycles. The lowest BCUT2D eigenvalue weighted by Gasteiger charge is -2.17. The van der Waals surface area contributed by atoms with Crippen molar-refractivity contribution in [1.29, 1.82) is 0 Å². The van der Waals surface area contributed by atoms with Crippen molar-refractivity contribution in [2.75, 3.05) is 11.9 Å². The summed E-state index contributed by atoms with van der Waals surface area (Å²) in [6, 6.07) is 9.30. The van der Waals surface area contributed by atoms with Crippen molar-refractivity contribution >= 4 is 5.69 Å². The van der Waals surface area contributed by atoms with Crippen LogP contribution in [0, 0.1) is 0 Å². The van der Waals surface area contributed by atoms with Crippen LogP contribution in [0.5, 0.6) is 0 Å². The summed E-state index contributed by atoms with van der Waals surface area (Å²) < 4.78 is 0. The Morgan fingerprint density at radius 1 is 1.36 bits per heavy atom. The van der Waals surface area contributed by atoms with Gasteiger partial charge in [-0.1, -0.05) is 18.2 Å². The maximum absolute atomic E-state index is 2.34. The van der Waals surface area contributed by atoms with E-state index in [2.05, 4.69) is 43.1 Å². The van der Waals surface area contributed by atoms with E-state index >= 15 is 0 Å². The summed E-state index contributed by atoms with van der Waals surface area (Å²) >= 11 is 0. The number of rotatable bonds is 0. The van der Waals surface area contributed by atoms with E-state index in [-0.39, 0.29) is 0 Å². The van der Waals surface area contributed by atoms with E-state index in [9.17, 15) is 0 Å². The lowest BCUT2D eigenvalue weighted by Crippen LogP contribution is -2.23. The number of hydrogen-bond donors (Lipinski definition) is 0. The molecule has 1 nitrogen and oxygen atoms in total. The SMILES string of the molecule is C[C@@H]1Cc2ccccc2N1C. The molecule has 0 saturated carbocycles. The van der Waals surface area contributed by atoms with Crippen molar-refractivity contribution in [3.05, 3.63) is 29.8 Å². The maximum atomic E-state index is 2.34. The predicted octanol–water partition coefficient (Wildman–Crippen LogP) is 2.07. The zero-order chi connectivity index (χ0) is 7.84. The van der Waals surface area contributed by atoms with Gasteiger partial charge in [-0.15, -0.1) is 0 Å². The highest BCUT2D eigenvalue weighted by Crippen LogP contribution is 2.29. The molecule has 1 heteroatoms. The second kappa shape index (κ2) is 2.26. The smallest absolute Gasteiger partial charge is 0.0399 e. The monoisotopic (exact) mass is 147 g/mol. The van der Waals surface area contributed by atoms with E-state index in [1.807, 2.05) is 0 Å². The van der Waals surface area contributed by atoms with Crippen LogP contribution in [0.4, 0.5) is 5.69 Å². The van der Waals surface area contributed by atoms with Gasteiger partial charge in [0.25, 0.3) is 0 Å². The van der Waals surface area contributed by atoms with Gasteiger partial charge in [0.05, 0.1) is 0 Å². The van der Waals surface area contributed by atoms with Crippen LogP contribution in [-0.4, -0.2) is 13.1 Å². The van der Waals surface area contributed by atoms with Crippen LogP contribution in [-0.2, 0) is 6.42 Å². The number of para-hydroxylation sites is 1. The summed E-state index contributed by atoms with van der Waals surface area (Å²) in [7, 11) is 2.16. The Morgan fingerprint density at radius 2 is 2.09 bits per heavy atom. The standard InChI is InChI=1S/C10H13N/c1-8-7-9-5-3-4-6-10(9)11(8)2/h3-6,8H,7H2,1-2H3/t8-/m1/s1. The first kappa shape index (κ1) is 6.71. The number of anilines is 1. The van der Waals surface area contributed by atoms with E-state index in [0.29, 0.717) is 6.04 Å². The number of benzene rings is 1. The zero-order valence-corrected chi connectivity index (χ0v) is 7.04. The van der Waals surface area contributed by atoms with Gasteiger partial charge in [0.1, 0.15) is 0 Å². The highest BCUT2D eigenvalue weighted by atomic mass is 15.1. The van der Waals surface area contributed by atoms with Gasteiger partial charge in [-0.25, -0.2) is 0 Å². The van der Waals surface area contributed by atoms with Crippen LogP contribution in [0.15, 0.2) is 24.3 Å². The third-order valence-electron chi connectivity index (χ3n) is 2.55. The molecule has 0 amide bonds. The lowest BCUT2D eigenvalue weighted by molar-refractivity contribution is 0.732. The van der Waals surface area contributed by atoms with Gasteiger partial charge in [0.2, 0.25) is 0 Å². The van der Waals surface area contributed by atoms with Gasteiger partial charge < -0.3 is 4.90 Å². The average Bonchev–Trinajstić information content (AvgIpc) is 2.30. The van der Waals surface area contributed by atoms with Gasteiger partial charge in [-0.05, 0) is 25.0 Å². The second-order valence-corrected chi connectivity index (χ2v) is 3.29. The van der Waals surface area contributed by atoms with Crippen LogP contribution in [0.25, 0.3) is 0 Å². The van der Waals surface area contributed by atoms with E-state index in [1.54, 1.807) is 0 Å². The molecule has 58 valence electrons. The molecule has 0 N–H and O–H groups in total. The number of hydrogen-bond acceptors (Lipinski definition) is 1. The van der Waals surface area contributed by atoms with Crippen LogP contribution < -0.4 is 4.90 Å². The Bertz CT molecular complexity index is 267. The minimum Gasteiger partial charge on any atom is -0.371 e. The summed E-state index contributed by atoms with van der Waals surface area (Å²) in [5, 5.41) is 0. The quantitative estimate of drug-likeness (QED) is 0.543. The first-order chi connectivity index (χ1) is 5.29. The summed E-state index contributed by atoms with van der Waals surface area (Å²) in [6.07, 6.45) is 1.20. The van der Waals surface area contributed by atoms with E-state index in [4.69, 9.17) is 0 Å². The molecule has 1 heterocycles. The lowest BCUT2D eigenvalue weighted by atomic mass is 10.1. The molecule has 1 atom stereocenters. The van der Waals surface area contributed by atoms with E-state index in [0.717, 1.165) is 0 Å². The predicted molar refractivity (Wildman–Crippen MR) is 48.0 cm³/mol. The Labute approximate surface area is 67.6 Å². The van der Waals surface area contributed by atoms with Crippen LogP contribution in [0.3, 0.4) is 0 Å². The van der Waals surface area contributed by atoms with E-state index in [1.165, 1.54) is 17.7 Å². The Balaban J connectivity index is 2.47. The molecular weight excluding hydrogens is 134 g/mol. The Morgan fingerprint density at radius 3 is 2.82 bits per heavy atom. The summed E-state index contributed by atoms with van der Waals surface area (Å²) in [6.45, 7) is 2.26. The molecule has 0 aromatic heterocycles. The molecule has 2 rings (SSSR count). The molecule has 11 heavy (non-hydrogen) atoms. The minimum atomic E-state index is 0.674. The molecule has 0 spiro atoms. The minimum absolute atomic E-state index is 0.674. The number of nitrogens with zero attached hydrogens (tertiary/aromatic N) is 1. The molecule has 0 bridgehead atoms. The highest BCUT2D eigenvalue weighted by Gasteiger charge is 2.21. The third kappa shape index (κ3) is 0.917. The number of likely N-dealkylation sites (N-methyl/N-ethyl adjacent to an activating group) is 1. The number of fused-ring (bicyclic) bond motifs is 1. The second-order valence-electron chi connectivity index (χ2n) is 3.29. The van der Waals surface area contributed by atoms with Crippen molar-refractivity contribution in [1.82, 2.24) is 0 Å². The van der Waals surface area contributed by atoms with Crippen LogP contribution in [0.1, 0.15) is 12.5 Å². The Hall–Kier alpha value is -0.980. The first-order valence-corrected chi connectivity index (χ1v) is 4.10. The molecule has 0 unspecified atom stereocenters. The summed E-state index contributed by atoms with van der Waals surface area (Å²) in [5.74, 6) is 0. The van der Waals surface area contributed by atoms with Gasteiger partial charge in [-0.2, -0.15) is 0 Å². The molecule has 0 saturated heterocycles. The normalized spacial score (nSPS) is 22.0. The molecular formula is C10H13N. The van der Waals surface area contributed by atoms with Crippen LogP contribution >= 0.6 is 0 Å².